The molecule has 0 unspecified atom stereocenters. The van der Waals surface area contributed by atoms with Gasteiger partial charge in [0.15, 0.2) is 5.05 Å². The second-order valence-electron chi connectivity index (χ2n) is 3.07. The lowest BCUT2D eigenvalue weighted by Gasteiger charge is -2.07. The summed E-state index contributed by atoms with van der Waals surface area (Å²) in [4.78, 5) is 0. The van der Waals surface area contributed by atoms with Gasteiger partial charge in [-0.05, 0) is 32.1 Å². The molecule has 0 saturated carbocycles. The molecule has 0 aliphatic carbocycles. The Kier molecular flexibility index (Phi) is 5.12. The zero-order valence-electron chi connectivity index (χ0n) is 7.68. The molecule has 1 nitrogen and oxygen atoms in total. The molecule has 0 aromatic rings. The van der Waals surface area contributed by atoms with Gasteiger partial charge in [0.1, 0.15) is 6.61 Å². The standard InChI is InChI=1S/C9H16OS/c1-7(2)5-6-10-9(11)8(3)4/h5,8H,6H2,1-4H3. The molecule has 0 heterocycles. The van der Waals surface area contributed by atoms with E-state index in [0.717, 1.165) is 0 Å². The van der Waals surface area contributed by atoms with Gasteiger partial charge in [-0.25, -0.2) is 0 Å². The third kappa shape index (κ3) is 6.05. The van der Waals surface area contributed by atoms with Crippen LogP contribution in [0.4, 0.5) is 0 Å². The average molecular weight is 172 g/mol. The predicted octanol–water partition coefficient (Wildman–Crippen LogP) is 2.95. The number of thiocarbonyl (C=S) groups is 1. The van der Waals surface area contributed by atoms with E-state index in [1.54, 1.807) is 0 Å². The summed E-state index contributed by atoms with van der Waals surface area (Å²) in [6.07, 6.45) is 2.02. The Morgan fingerprint density at radius 2 is 2.00 bits per heavy atom. The number of allylic oxidation sites excluding steroid dienone is 1. The van der Waals surface area contributed by atoms with E-state index >= 15 is 0 Å². The molecule has 0 atom stereocenters. The number of rotatable bonds is 3. The van der Waals surface area contributed by atoms with Crippen LogP contribution in [0.15, 0.2) is 11.6 Å². The second-order valence-corrected chi connectivity index (χ2v) is 3.47. The van der Waals surface area contributed by atoms with Crippen LogP contribution in [0.5, 0.6) is 0 Å². The maximum absolute atomic E-state index is 5.27. The number of ether oxygens (including phenoxy) is 1. The van der Waals surface area contributed by atoms with Gasteiger partial charge >= 0.3 is 0 Å². The summed E-state index contributed by atoms with van der Waals surface area (Å²) in [6.45, 7) is 8.76. The van der Waals surface area contributed by atoms with Gasteiger partial charge in [0.2, 0.25) is 0 Å². The van der Waals surface area contributed by atoms with Crippen LogP contribution in [0.3, 0.4) is 0 Å². The molecule has 0 aliphatic rings. The van der Waals surface area contributed by atoms with Crippen molar-refractivity contribution in [3.8, 4) is 0 Å². The van der Waals surface area contributed by atoms with Crippen molar-refractivity contribution < 1.29 is 4.74 Å². The molecular formula is C9H16OS. The van der Waals surface area contributed by atoms with Crippen LogP contribution in [-0.4, -0.2) is 11.7 Å². The number of hydrogen-bond donors (Lipinski definition) is 0. The largest absolute Gasteiger partial charge is 0.483 e. The first-order valence-corrected chi connectivity index (χ1v) is 4.25. The Morgan fingerprint density at radius 3 is 2.36 bits per heavy atom. The van der Waals surface area contributed by atoms with Crippen molar-refractivity contribution in [2.24, 2.45) is 5.92 Å². The van der Waals surface area contributed by atoms with Crippen LogP contribution >= 0.6 is 12.2 Å². The van der Waals surface area contributed by atoms with Gasteiger partial charge in [0.05, 0.1) is 0 Å². The molecule has 0 aliphatic heterocycles. The predicted molar refractivity (Wildman–Crippen MR) is 52.8 cm³/mol. The first kappa shape index (κ1) is 10.6. The fraction of sp³-hybridized carbons (Fsp3) is 0.667. The molecule has 0 spiro atoms. The minimum atomic E-state index is 0.343. The van der Waals surface area contributed by atoms with Gasteiger partial charge in [-0.1, -0.05) is 19.4 Å². The van der Waals surface area contributed by atoms with Crippen molar-refractivity contribution in [3.63, 3.8) is 0 Å². The fourth-order valence-corrected chi connectivity index (χ4v) is 0.525. The smallest absolute Gasteiger partial charge is 0.162 e. The Labute approximate surface area is 74.4 Å². The third-order valence-corrected chi connectivity index (χ3v) is 1.78. The lowest BCUT2D eigenvalue weighted by atomic mass is 10.2. The van der Waals surface area contributed by atoms with E-state index in [2.05, 4.69) is 0 Å². The zero-order valence-corrected chi connectivity index (χ0v) is 8.49. The quantitative estimate of drug-likeness (QED) is 0.478. The van der Waals surface area contributed by atoms with E-state index in [4.69, 9.17) is 17.0 Å². The first-order chi connectivity index (χ1) is 5.04. The monoisotopic (exact) mass is 172 g/mol. The van der Waals surface area contributed by atoms with E-state index in [-0.39, 0.29) is 0 Å². The maximum atomic E-state index is 5.27. The fourth-order valence-electron chi connectivity index (χ4n) is 0.457. The van der Waals surface area contributed by atoms with Crippen LogP contribution in [0.2, 0.25) is 0 Å². The average Bonchev–Trinajstić information content (AvgIpc) is 1.86. The highest BCUT2D eigenvalue weighted by atomic mass is 32.1. The molecule has 0 radical (unpaired) electrons. The Morgan fingerprint density at radius 1 is 1.45 bits per heavy atom. The van der Waals surface area contributed by atoms with E-state index in [0.29, 0.717) is 17.6 Å². The molecule has 11 heavy (non-hydrogen) atoms. The summed E-state index contributed by atoms with van der Waals surface area (Å²) in [5, 5.41) is 0.697. The molecule has 0 aromatic carbocycles. The summed E-state index contributed by atoms with van der Waals surface area (Å²) >= 11 is 4.98. The van der Waals surface area contributed by atoms with Crippen molar-refractivity contribution in [2.45, 2.75) is 27.7 Å². The van der Waals surface area contributed by atoms with Gasteiger partial charge in [-0.2, -0.15) is 0 Å². The zero-order chi connectivity index (χ0) is 8.85. The van der Waals surface area contributed by atoms with Gasteiger partial charge in [0.25, 0.3) is 0 Å². The molecule has 64 valence electrons. The van der Waals surface area contributed by atoms with Crippen LogP contribution in [-0.2, 0) is 4.74 Å². The van der Waals surface area contributed by atoms with Crippen LogP contribution < -0.4 is 0 Å². The maximum Gasteiger partial charge on any atom is 0.162 e. The van der Waals surface area contributed by atoms with Crippen molar-refractivity contribution in [1.29, 1.82) is 0 Å². The van der Waals surface area contributed by atoms with Gasteiger partial charge in [0, 0.05) is 5.92 Å². The van der Waals surface area contributed by atoms with E-state index < -0.39 is 0 Å². The summed E-state index contributed by atoms with van der Waals surface area (Å²) in [7, 11) is 0. The summed E-state index contributed by atoms with van der Waals surface area (Å²) in [5.74, 6) is 0.343. The van der Waals surface area contributed by atoms with Crippen molar-refractivity contribution in [1.82, 2.24) is 0 Å². The normalized spacial score (nSPS) is 9.55. The highest BCUT2D eigenvalue weighted by molar-refractivity contribution is 7.80. The highest BCUT2D eigenvalue weighted by Gasteiger charge is 2.00. The molecule has 0 amide bonds. The molecular weight excluding hydrogens is 156 g/mol. The second kappa shape index (κ2) is 5.30. The van der Waals surface area contributed by atoms with Crippen LogP contribution in [0.1, 0.15) is 27.7 Å². The van der Waals surface area contributed by atoms with Crippen molar-refractivity contribution >= 4 is 17.3 Å². The SMILES string of the molecule is CC(C)=CCOC(=S)C(C)C. The van der Waals surface area contributed by atoms with Gasteiger partial charge in [-0.15, -0.1) is 0 Å². The Bertz CT molecular complexity index is 155. The third-order valence-electron chi connectivity index (χ3n) is 1.19. The van der Waals surface area contributed by atoms with E-state index in [1.807, 2.05) is 33.8 Å². The van der Waals surface area contributed by atoms with Crippen LogP contribution in [0, 0.1) is 5.92 Å². The Hall–Kier alpha value is -0.370. The minimum Gasteiger partial charge on any atom is -0.483 e. The molecule has 0 N–H and O–H groups in total. The van der Waals surface area contributed by atoms with E-state index in [9.17, 15) is 0 Å². The summed E-state index contributed by atoms with van der Waals surface area (Å²) < 4.78 is 5.27. The molecule has 2 heteroatoms. The molecule has 0 saturated heterocycles. The summed E-state index contributed by atoms with van der Waals surface area (Å²) in [5.41, 5.74) is 1.26. The Balaban J connectivity index is 3.56. The minimum absolute atomic E-state index is 0.343. The molecule has 0 fully saturated rings. The highest BCUT2D eigenvalue weighted by Crippen LogP contribution is 1.99. The lowest BCUT2D eigenvalue weighted by molar-refractivity contribution is 0.337. The van der Waals surface area contributed by atoms with Crippen LogP contribution in [0.25, 0.3) is 0 Å². The topological polar surface area (TPSA) is 9.23 Å². The van der Waals surface area contributed by atoms with Gasteiger partial charge < -0.3 is 4.74 Å². The summed E-state index contributed by atoms with van der Waals surface area (Å²) in [6, 6.07) is 0. The van der Waals surface area contributed by atoms with E-state index in [1.165, 1.54) is 5.57 Å². The lowest BCUT2D eigenvalue weighted by Crippen LogP contribution is -2.08. The molecule has 0 bridgehead atoms. The van der Waals surface area contributed by atoms with Crippen molar-refractivity contribution in [3.05, 3.63) is 11.6 Å². The first-order valence-electron chi connectivity index (χ1n) is 3.84. The van der Waals surface area contributed by atoms with Crippen molar-refractivity contribution in [2.75, 3.05) is 6.61 Å². The van der Waals surface area contributed by atoms with Gasteiger partial charge in [-0.3, -0.25) is 0 Å². The molecule has 0 rings (SSSR count). The molecule has 0 aromatic heterocycles. The number of hydrogen-bond acceptors (Lipinski definition) is 2.